The summed E-state index contributed by atoms with van der Waals surface area (Å²) in [6, 6.07) is 11.7. The van der Waals surface area contributed by atoms with E-state index in [-0.39, 0.29) is 5.92 Å². The van der Waals surface area contributed by atoms with Gasteiger partial charge in [-0.05, 0) is 18.8 Å². The van der Waals surface area contributed by atoms with E-state index < -0.39 is 0 Å². The van der Waals surface area contributed by atoms with Crippen molar-refractivity contribution in [3.8, 4) is 0 Å². The van der Waals surface area contributed by atoms with Crippen molar-refractivity contribution < 1.29 is 9.28 Å². The molecule has 2 nitrogen and oxygen atoms in total. The van der Waals surface area contributed by atoms with Gasteiger partial charge in [0.2, 0.25) is 0 Å². The van der Waals surface area contributed by atoms with Gasteiger partial charge < -0.3 is 4.48 Å². The zero-order valence-corrected chi connectivity index (χ0v) is 15.4. The van der Waals surface area contributed by atoms with Gasteiger partial charge in [0.25, 0.3) is 0 Å². The van der Waals surface area contributed by atoms with Crippen molar-refractivity contribution in [2.75, 3.05) is 14.1 Å². The lowest BCUT2D eigenvalue weighted by atomic mass is 9.73. The first kappa shape index (κ1) is 16.3. The quantitative estimate of drug-likeness (QED) is 0.554. The zero-order valence-electron chi connectivity index (χ0n) is 15.4. The maximum atomic E-state index is 13.2. The number of ketones is 1. The largest absolute Gasteiger partial charge is 0.323 e. The Kier molecular flexibility index (Phi) is 4.07. The molecule has 2 heteroatoms. The maximum absolute atomic E-state index is 13.2. The molecular weight excluding hydrogens is 294 g/mol. The summed E-state index contributed by atoms with van der Waals surface area (Å²) in [5.74, 6) is 3.20. The van der Waals surface area contributed by atoms with Crippen molar-refractivity contribution in [1.82, 2.24) is 0 Å². The molecule has 1 aliphatic carbocycles. The minimum Gasteiger partial charge on any atom is -0.323 e. The van der Waals surface area contributed by atoms with Crippen LogP contribution in [0.25, 0.3) is 0 Å². The SMILES string of the molecule is CCCCC(C(=O)c1ccccc1)C1CC2C3CC3C(C1)[N+]2(C)C. The minimum atomic E-state index is 0.246. The molecule has 0 N–H and O–H groups in total. The molecule has 5 unspecified atom stereocenters. The Morgan fingerprint density at radius 3 is 2.29 bits per heavy atom. The Balaban J connectivity index is 1.56. The Morgan fingerprint density at radius 1 is 1.08 bits per heavy atom. The van der Waals surface area contributed by atoms with Crippen LogP contribution in [0.5, 0.6) is 0 Å². The molecule has 0 spiro atoms. The molecule has 0 amide bonds. The number of carbonyl (C=O) groups excluding carboxylic acids is 1. The smallest absolute Gasteiger partial charge is 0.166 e. The summed E-state index contributed by atoms with van der Waals surface area (Å²) in [7, 11) is 4.88. The number of nitrogens with zero attached hydrogens (tertiary/aromatic N) is 1. The van der Waals surface area contributed by atoms with E-state index in [2.05, 4.69) is 21.0 Å². The predicted molar refractivity (Wildman–Crippen MR) is 97.8 cm³/mol. The number of Topliss-reactive ketones (excluding diaryl/α,β-unsaturated/α-hetero) is 1. The monoisotopic (exact) mass is 326 g/mol. The number of carbonyl (C=O) groups is 1. The number of benzene rings is 1. The molecule has 2 heterocycles. The van der Waals surface area contributed by atoms with Gasteiger partial charge in [-0.2, -0.15) is 0 Å². The van der Waals surface area contributed by atoms with Crippen LogP contribution in [-0.4, -0.2) is 36.4 Å². The average Bonchev–Trinajstić information content (AvgIpc) is 3.33. The first-order valence-electron chi connectivity index (χ1n) is 9.96. The first-order valence-corrected chi connectivity index (χ1v) is 9.96. The summed E-state index contributed by atoms with van der Waals surface area (Å²) in [6.07, 6.45) is 7.47. The van der Waals surface area contributed by atoms with E-state index in [1.165, 1.54) is 36.6 Å². The summed E-state index contributed by atoms with van der Waals surface area (Å²) in [5.41, 5.74) is 0.926. The molecule has 3 fully saturated rings. The van der Waals surface area contributed by atoms with Crippen LogP contribution in [0.15, 0.2) is 30.3 Å². The molecule has 0 aromatic heterocycles. The maximum Gasteiger partial charge on any atom is 0.166 e. The summed E-state index contributed by atoms with van der Waals surface area (Å²) >= 11 is 0. The lowest BCUT2D eigenvalue weighted by Gasteiger charge is -2.48. The van der Waals surface area contributed by atoms with Gasteiger partial charge in [0.05, 0.1) is 26.2 Å². The average molecular weight is 327 g/mol. The van der Waals surface area contributed by atoms with Crippen LogP contribution in [0.2, 0.25) is 0 Å². The van der Waals surface area contributed by atoms with Crippen LogP contribution < -0.4 is 0 Å². The molecule has 1 aromatic carbocycles. The van der Waals surface area contributed by atoms with Gasteiger partial charge in [0.1, 0.15) is 0 Å². The summed E-state index contributed by atoms with van der Waals surface area (Å²) < 4.78 is 1.23. The lowest BCUT2D eigenvalue weighted by molar-refractivity contribution is -0.937. The predicted octanol–water partition coefficient (Wildman–Crippen LogP) is 4.55. The fourth-order valence-corrected chi connectivity index (χ4v) is 6.11. The second kappa shape index (κ2) is 5.98. The molecule has 2 saturated heterocycles. The first-order chi connectivity index (χ1) is 11.5. The molecule has 5 atom stereocenters. The van der Waals surface area contributed by atoms with Gasteiger partial charge in [-0.1, -0.05) is 50.1 Å². The van der Waals surface area contributed by atoms with E-state index in [4.69, 9.17) is 0 Å². The number of hydrogen-bond acceptors (Lipinski definition) is 1. The molecule has 0 radical (unpaired) electrons. The standard InChI is InChI=1S/C22H32NO/c1-4-5-11-17(22(24)15-9-7-6-8-10-15)16-12-20-18-14-19(18)21(13-16)23(20,2)3/h6-10,16-21H,4-5,11-14H2,1-3H3/q+1. The molecule has 24 heavy (non-hydrogen) atoms. The van der Waals surface area contributed by atoms with E-state index >= 15 is 0 Å². The van der Waals surface area contributed by atoms with Gasteiger partial charge in [-0.15, -0.1) is 0 Å². The van der Waals surface area contributed by atoms with Crippen LogP contribution in [0, 0.1) is 23.7 Å². The fourth-order valence-electron chi connectivity index (χ4n) is 6.11. The van der Waals surface area contributed by atoms with Gasteiger partial charge >= 0.3 is 0 Å². The van der Waals surface area contributed by atoms with Gasteiger partial charge in [0, 0.05) is 36.2 Å². The van der Waals surface area contributed by atoms with E-state index in [9.17, 15) is 4.79 Å². The molecule has 1 aromatic rings. The van der Waals surface area contributed by atoms with Crippen molar-refractivity contribution in [2.24, 2.45) is 23.7 Å². The Hall–Kier alpha value is -1.15. The van der Waals surface area contributed by atoms with Crippen molar-refractivity contribution in [2.45, 2.75) is 57.5 Å². The van der Waals surface area contributed by atoms with Gasteiger partial charge in [-0.25, -0.2) is 0 Å². The summed E-state index contributed by atoms with van der Waals surface area (Å²) in [6.45, 7) is 2.24. The number of rotatable bonds is 6. The summed E-state index contributed by atoms with van der Waals surface area (Å²) in [5, 5.41) is 0. The second-order valence-corrected chi connectivity index (χ2v) is 9.04. The molecule has 4 rings (SSSR count). The molecule has 3 aliphatic rings. The Labute approximate surface area is 146 Å². The van der Waals surface area contributed by atoms with Crippen molar-refractivity contribution in [1.29, 1.82) is 0 Å². The fraction of sp³-hybridized carbons (Fsp3) is 0.682. The highest BCUT2D eigenvalue weighted by atomic mass is 16.1. The Bertz CT molecular complexity index is 588. The van der Waals surface area contributed by atoms with Crippen molar-refractivity contribution in [3.05, 3.63) is 35.9 Å². The molecular formula is C22H32NO+. The van der Waals surface area contributed by atoms with Crippen LogP contribution >= 0.6 is 0 Å². The third kappa shape index (κ3) is 2.54. The number of quaternary nitrogens is 1. The number of hydrogen-bond donors (Lipinski definition) is 0. The topological polar surface area (TPSA) is 17.1 Å². The van der Waals surface area contributed by atoms with E-state index in [1.807, 2.05) is 30.3 Å². The molecule has 130 valence electrons. The van der Waals surface area contributed by atoms with E-state index in [0.29, 0.717) is 11.7 Å². The third-order valence-electron chi connectivity index (χ3n) is 7.51. The van der Waals surface area contributed by atoms with E-state index in [1.54, 1.807) is 0 Å². The molecule has 2 bridgehead atoms. The third-order valence-corrected chi connectivity index (χ3v) is 7.51. The van der Waals surface area contributed by atoms with Gasteiger partial charge in [0.15, 0.2) is 5.78 Å². The second-order valence-electron chi connectivity index (χ2n) is 9.04. The minimum absolute atomic E-state index is 0.246. The highest BCUT2D eigenvalue weighted by Crippen LogP contribution is 2.62. The van der Waals surface area contributed by atoms with Gasteiger partial charge in [-0.3, -0.25) is 4.79 Å². The number of fused-ring (bicyclic) bond motifs is 5. The highest BCUT2D eigenvalue weighted by molar-refractivity contribution is 5.98. The van der Waals surface area contributed by atoms with Crippen molar-refractivity contribution >= 4 is 5.78 Å². The number of piperidine rings is 2. The van der Waals surface area contributed by atoms with E-state index in [0.717, 1.165) is 35.9 Å². The summed E-state index contributed by atoms with van der Waals surface area (Å²) in [4.78, 5) is 13.2. The van der Waals surface area contributed by atoms with Crippen LogP contribution in [0.4, 0.5) is 0 Å². The molecule has 2 aliphatic heterocycles. The van der Waals surface area contributed by atoms with Crippen molar-refractivity contribution in [3.63, 3.8) is 0 Å². The highest BCUT2D eigenvalue weighted by Gasteiger charge is 2.68. The van der Waals surface area contributed by atoms with Crippen LogP contribution in [0.1, 0.15) is 55.8 Å². The zero-order chi connectivity index (χ0) is 16.9. The normalized spacial score (nSPS) is 36.9. The number of unbranched alkanes of at least 4 members (excludes halogenated alkanes) is 1. The van der Waals surface area contributed by atoms with Crippen LogP contribution in [0.3, 0.4) is 0 Å². The van der Waals surface area contributed by atoms with Crippen LogP contribution in [-0.2, 0) is 0 Å². The Morgan fingerprint density at radius 2 is 1.71 bits per heavy atom. The lowest BCUT2D eigenvalue weighted by Crippen LogP contribution is -2.58. The molecule has 1 saturated carbocycles.